The van der Waals surface area contributed by atoms with Gasteiger partial charge in [0.1, 0.15) is 9.84 Å². The first-order valence-electron chi connectivity index (χ1n) is 5.33. The summed E-state index contributed by atoms with van der Waals surface area (Å²) in [6, 6.07) is 1.93. The molecule has 1 aromatic rings. The zero-order valence-corrected chi connectivity index (χ0v) is 10.8. The van der Waals surface area contributed by atoms with Gasteiger partial charge in [0, 0.05) is 19.5 Å². The summed E-state index contributed by atoms with van der Waals surface area (Å²) in [5.74, 6) is 0.182. The summed E-state index contributed by atoms with van der Waals surface area (Å²) >= 11 is 0. The maximum atomic E-state index is 11.1. The molecule has 0 radical (unpaired) electrons. The summed E-state index contributed by atoms with van der Waals surface area (Å²) < 4.78 is 24.0. The fraction of sp³-hybridized carbons (Fsp3) is 0.700. The van der Waals surface area contributed by atoms with E-state index in [1.54, 1.807) is 4.68 Å². The van der Waals surface area contributed by atoms with Gasteiger partial charge in [-0.15, -0.1) is 0 Å². The molecule has 0 spiro atoms. The van der Waals surface area contributed by atoms with Crippen molar-refractivity contribution in [3.8, 4) is 0 Å². The van der Waals surface area contributed by atoms with Gasteiger partial charge in [-0.05, 0) is 19.0 Å². The molecule has 0 fully saturated rings. The van der Waals surface area contributed by atoms with E-state index >= 15 is 0 Å². The van der Waals surface area contributed by atoms with E-state index in [0.717, 1.165) is 12.2 Å². The molecule has 1 N–H and O–H groups in total. The lowest BCUT2D eigenvalue weighted by Crippen LogP contribution is -2.24. The minimum Gasteiger partial charge on any atom is -0.309 e. The Bertz CT molecular complexity index is 425. The van der Waals surface area contributed by atoms with Crippen LogP contribution in [-0.2, 0) is 16.9 Å². The largest absolute Gasteiger partial charge is 0.309 e. The third-order valence-electron chi connectivity index (χ3n) is 2.32. The van der Waals surface area contributed by atoms with Gasteiger partial charge in [0.2, 0.25) is 0 Å². The van der Waals surface area contributed by atoms with E-state index in [1.165, 1.54) is 6.26 Å². The average molecular weight is 245 g/mol. The number of hydrogen-bond acceptors (Lipinski definition) is 4. The Hall–Kier alpha value is -0.880. The third kappa shape index (κ3) is 4.32. The maximum Gasteiger partial charge on any atom is 0.147 e. The number of aromatic nitrogens is 2. The average Bonchev–Trinajstić information content (AvgIpc) is 2.57. The van der Waals surface area contributed by atoms with Gasteiger partial charge in [0.25, 0.3) is 0 Å². The zero-order valence-electron chi connectivity index (χ0n) is 9.97. The predicted octanol–water partition coefficient (Wildman–Crippen LogP) is 0.505. The molecule has 0 saturated carbocycles. The van der Waals surface area contributed by atoms with Crippen molar-refractivity contribution in [1.82, 2.24) is 15.1 Å². The first-order valence-corrected chi connectivity index (χ1v) is 7.39. The van der Waals surface area contributed by atoms with Gasteiger partial charge in [-0.3, -0.25) is 4.68 Å². The fourth-order valence-corrected chi connectivity index (χ4v) is 2.22. The molecule has 0 saturated heterocycles. The highest BCUT2D eigenvalue weighted by atomic mass is 32.2. The maximum absolute atomic E-state index is 11.1. The lowest BCUT2D eigenvalue weighted by Gasteiger charge is -2.14. The van der Waals surface area contributed by atoms with E-state index < -0.39 is 9.84 Å². The van der Waals surface area contributed by atoms with Gasteiger partial charge >= 0.3 is 0 Å². The highest BCUT2D eigenvalue weighted by Crippen LogP contribution is 2.14. The van der Waals surface area contributed by atoms with E-state index in [9.17, 15) is 8.42 Å². The monoisotopic (exact) mass is 245 g/mol. The topological polar surface area (TPSA) is 64.0 Å². The molecule has 1 atom stereocenters. The molecule has 16 heavy (non-hydrogen) atoms. The van der Waals surface area contributed by atoms with Crippen molar-refractivity contribution in [2.75, 3.05) is 18.6 Å². The number of rotatable bonds is 6. The highest BCUT2D eigenvalue weighted by molar-refractivity contribution is 7.90. The summed E-state index contributed by atoms with van der Waals surface area (Å²) in [5, 5.41) is 7.53. The molecule has 1 aromatic heterocycles. The minimum atomic E-state index is -2.91. The van der Waals surface area contributed by atoms with Crippen LogP contribution in [0.5, 0.6) is 0 Å². The van der Waals surface area contributed by atoms with Crippen LogP contribution in [0.4, 0.5) is 0 Å². The van der Waals surface area contributed by atoms with Gasteiger partial charge < -0.3 is 5.32 Å². The Morgan fingerprint density at radius 3 is 2.69 bits per heavy atom. The number of hydrogen-bond donors (Lipinski definition) is 1. The molecular weight excluding hydrogens is 226 g/mol. The summed E-state index contributed by atoms with van der Waals surface area (Å²) in [5.41, 5.74) is 0.896. The third-order valence-corrected chi connectivity index (χ3v) is 3.30. The molecule has 0 aliphatic rings. The Balaban J connectivity index is 2.68. The number of nitrogens with one attached hydrogen (secondary N) is 1. The van der Waals surface area contributed by atoms with E-state index in [4.69, 9.17) is 0 Å². The van der Waals surface area contributed by atoms with Crippen LogP contribution in [-0.4, -0.2) is 36.8 Å². The van der Waals surface area contributed by atoms with Crippen molar-refractivity contribution in [3.63, 3.8) is 0 Å². The van der Waals surface area contributed by atoms with Crippen LogP contribution in [0.1, 0.15) is 25.1 Å². The highest BCUT2D eigenvalue weighted by Gasteiger charge is 2.15. The molecule has 0 aliphatic heterocycles. The van der Waals surface area contributed by atoms with Crippen molar-refractivity contribution in [3.05, 3.63) is 18.0 Å². The quantitative estimate of drug-likeness (QED) is 0.793. The molecule has 0 aromatic carbocycles. The zero-order chi connectivity index (χ0) is 12.2. The SMILES string of the molecule is CCNC(CCS(C)(=O)=O)c1ccn(C)n1. The smallest absolute Gasteiger partial charge is 0.147 e. The molecule has 6 heteroatoms. The van der Waals surface area contributed by atoms with E-state index in [0.29, 0.717) is 6.42 Å². The second-order valence-electron chi connectivity index (χ2n) is 3.94. The van der Waals surface area contributed by atoms with E-state index in [2.05, 4.69) is 10.4 Å². The lowest BCUT2D eigenvalue weighted by molar-refractivity contribution is 0.512. The summed E-state index contributed by atoms with van der Waals surface area (Å²) in [7, 11) is -1.06. The standard InChI is InChI=1S/C10H19N3O2S/c1-4-11-9(6-8-16(3,14)15)10-5-7-13(2)12-10/h5,7,9,11H,4,6,8H2,1-3H3. The van der Waals surface area contributed by atoms with Crippen LogP contribution in [0.15, 0.2) is 12.3 Å². The van der Waals surface area contributed by atoms with Crippen molar-refractivity contribution in [2.24, 2.45) is 7.05 Å². The van der Waals surface area contributed by atoms with Gasteiger partial charge in [-0.1, -0.05) is 6.92 Å². The van der Waals surface area contributed by atoms with Crippen LogP contribution < -0.4 is 5.32 Å². The van der Waals surface area contributed by atoms with Gasteiger partial charge in [0.05, 0.1) is 17.5 Å². The van der Waals surface area contributed by atoms with Crippen LogP contribution in [0.25, 0.3) is 0 Å². The number of sulfone groups is 1. The molecule has 0 amide bonds. The molecule has 1 unspecified atom stereocenters. The Labute approximate surface area is 96.8 Å². The van der Waals surface area contributed by atoms with Crippen molar-refractivity contribution in [2.45, 2.75) is 19.4 Å². The molecule has 92 valence electrons. The van der Waals surface area contributed by atoms with Crippen LogP contribution >= 0.6 is 0 Å². The first kappa shape index (κ1) is 13.2. The van der Waals surface area contributed by atoms with Crippen molar-refractivity contribution >= 4 is 9.84 Å². The summed E-state index contributed by atoms with van der Waals surface area (Å²) in [6.45, 7) is 2.79. The van der Waals surface area contributed by atoms with Gasteiger partial charge in [-0.2, -0.15) is 5.10 Å². The van der Waals surface area contributed by atoms with Gasteiger partial charge in [-0.25, -0.2) is 8.42 Å². The molecule has 1 rings (SSSR count). The first-order chi connectivity index (χ1) is 7.42. The Morgan fingerprint density at radius 1 is 1.56 bits per heavy atom. The molecule has 0 bridgehead atoms. The minimum absolute atomic E-state index is 0.0147. The molecule has 1 heterocycles. The molecule has 5 nitrogen and oxygen atoms in total. The van der Waals surface area contributed by atoms with Gasteiger partial charge in [0.15, 0.2) is 0 Å². The Kier molecular flexibility index (Phi) is 4.49. The number of nitrogens with zero attached hydrogens (tertiary/aromatic N) is 2. The molecular formula is C10H19N3O2S. The fourth-order valence-electron chi connectivity index (χ4n) is 1.55. The predicted molar refractivity (Wildman–Crippen MR) is 64.0 cm³/mol. The second-order valence-corrected chi connectivity index (χ2v) is 6.20. The number of aryl methyl sites for hydroxylation is 1. The van der Waals surface area contributed by atoms with Crippen LogP contribution in [0, 0.1) is 0 Å². The summed E-state index contributed by atoms with van der Waals surface area (Å²) in [6.07, 6.45) is 3.68. The van der Waals surface area contributed by atoms with Crippen molar-refractivity contribution in [1.29, 1.82) is 0 Å². The lowest BCUT2D eigenvalue weighted by atomic mass is 10.1. The van der Waals surface area contributed by atoms with Crippen LogP contribution in [0.3, 0.4) is 0 Å². The molecule has 0 aliphatic carbocycles. The second kappa shape index (κ2) is 5.45. The van der Waals surface area contributed by atoms with E-state index in [-0.39, 0.29) is 11.8 Å². The van der Waals surface area contributed by atoms with E-state index in [1.807, 2.05) is 26.2 Å². The normalized spacial score (nSPS) is 13.9. The Morgan fingerprint density at radius 2 is 2.25 bits per heavy atom. The summed E-state index contributed by atoms with van der Waals surface area (Å²) in [4.78, 5) is 0. The van der Waals surface area contributed by atoms with Crippen LogP contribution in [0.2, 0.25) is 0 Å². The van der Waals surface area contributed by atoms with Crippen molar-refractivity contribution < 1.29 is 8.42 Å².